The van der Waals surface area contributed by atoms with Gasteiger partial charge in [0, 0.05) is 6.61 Å². The molecule has 8 heavy (non-hydrogen) atoms. The molecule has 0 bridgehead atoms. The van der Waals surface area contributed by atoms with Crippen LogP contribution in [0, 0.1) is 12.3 Å². The van der Waals surface area contributed by atoms with Crippen LogP contribution in [0.2, 0.25) is 0 Å². The largest absolute Gasteiger partial charge is 0.396 e. The number of rotatable bonds is 3. The standard InChI is InChI=1S/C7H15O/c1-4-5-7(2,3)6-8/h8H,2,4-6H2,1,3H3. The second-order valence-electron chi connectivity index (χ2n) is 2.72. The maximum Gasteiger partial charge on any atom is 0.0484 e. The zero-order chi connectivity index (χ0) is 6.62. The SMILES string of the molecule is [CH2]C(C)(CO)CCC. The van der Waals surface area contributed by atoms with Gasteiger partial charge in [0.2, 0.25) is 0 Å². The number of aliphatic hydroxyl groups excluding tert-OH is 1. The molecule has 0 aromatic heterocycles. The average Bonchev–Trinajstić information content (AvgIpc) is 1.67. The minimum Gasteiger partial charge on any atom is -0.396 e. The molecule has 0 aliphatic rings. The Bertz CT molecular complexity index is 57.4. The van der Waals surface area contributed by atoms with E-state index in [1.807, 2.05) is 6.92 Å². The number of hydrogen-bond acceptors (Lipinski definition) is 1. The summed E-state index contributed by atoms with van der Waals surface area (Å²) in [6.07, 6.45) is 2.10. The first-order valence-electron chi connectivity index (χ1n) is 3.08. The third-order valence-corrected chi connectivity index (χ3v) is 1.24. The van der Waals surface area contributed by atoms with E-state index in [2.05, 4.69) is 13.8 Å². The van der Waals surface area contributed by atoms with E-state index < -0.39 is 0 Å². The molecule has 1 radical (unpaired) electrons. The summed E-state index contributed by atoms with van der Waals surface area (Å²) in [5.74, 6) is 0. The molecule has 0 spiro atoms. The van der Waals surface area contributed by atoms with Gasteiger partial charge in [-0.25, -0.2) is 0 Å². The second kappa shape index (κ2) is 3.08. The highest BCUT2D eigenvalue weighted by Gasteiger charge is 2.13. The van der Waals surface area contributed by atoms with Crippen molar-refractivity contribution in [2.45, 2.75) is 26.7 Å². The molecule has 0 rings (SSSR count). The van der Waals surface area contributed by atoms with Crippen molar-refractivity contribution in [2.24, 2.45) is 5.41 Å². The summed E-state index contributed by atoms with van der Waals surface area (Å²) in [5.41, 5.74) is -0.102. The van der Waals surface area contributed by atoms with Gasteiger partial charge in [0.1, 0.15) is 0 Å². The van der Waals surface area contributed by atoms with Crippen LogP contribution in [0.3, 0.4) is 0 Å². The number of aliphatic hydroxyl groups is 1. The van der Waals surface area contributed by atoms with Gasteiger partial charge in [0.15, 0.2) is 0 Å². The molecule has 0 aromatic rings. The van der Waals surface area contributed by atoms with Gasteiger partial charge < -0.3 is 5.11 Å². The van der Waals surface area contributed by atoms with Gasteiger partial charge in [0.05, 0.1) is 0 Å². The van der Waals surface area contributed by atoms with Gasteiger partial charge in [-0.15, -0.1) is 0 Å². The minimum absolute atomic E-state index is 0.102. The summed E-state index contributed by atoms with van der Waals surface area (Å²) in [6, 6.07) is 0. The molecular weight excluding hydrogens is 100 g/mol. The van der Waals surface area contributed by atoms with Crippen LogP contribution in [-0.4, -0.2) is 11.7 Å². The molecule has 0 aliphatic heterocycles. The van der Waals surface area contributed by atoms with Crippen molar-refractivity contribution >= 4 is 0 Å². The van der Waals surface area contributed by atoms with Crippen LogP contribution < -0.4 is 0 Å². The summed E-state index contributed by atoms with van der Waals surface area (Å²) >= 11 is 0. The van der Waals surface area contributed by atoms with E-state index in [9.17, 15) is 0 Å². The van der Waals surface area contributed by atoms with Crippen molar-refractivity contribution in [1.82, 2.24) is 0 Å². The molecule has 0 aromatic carbocycles. The van der Waals surface area contributed by atoms with Crippen LogP contribution in [0.15, 0.2) is 0 Å². The van der Waals surface area contributed by atoms with Crippen LogP contribution >= 0.6 is 0 Å². The van der Waals surface area contributed by atoms with Crippen LogP contribution in [-0.2, 0) is 0 Å². The summed E-state index contributed by atoms with van der Waals surface area (Å²) in [5, 5.41) is 8.66. The molecule has 0 saturated heterocycles. The Morgan fingerprint density at radius 3 is 2.25 bits per heavy atom. The summed E-state index contributed by atoms with van der Waals surface area (Å²) in [4.78, 5) is 0. The molecule has 1 N–H and O–H groups in total. The van der Waals surface area contributed by atoms with Crippen molar-refractivity contribution in [2.75, 3.05) is 6.61 Å². The van der Waals surface area contributed by atoms with Crippen molar-refractivity contribution in [1.29, 1.82) is 0 Å². The summed E-state index contributed by atoms with van der Waals surface area (Å²) < 4.78 is 0. The van der Waals surface area contributed by atoms with Gasteiger partial charge in [-0.2, -0.15) is 0 Å². The first-order valence-corrected chi connectivity index (χ1v) is 3.08. The van der Waals surface area contributed by atoms with Gasteiger partial charge >= 0.3 is 0 Å². The first kappa shape index (κ1) is 7.96. The highest BCUT2D eigenvalue weighted by Crippen LogP contribution is 2.19. The maximum atomic E-state index is 8.66. The Balaban J connectivity index is 3.37. The Labute approximate surface area is 51.7 Å². The van der Waals surface area contributed by atoms with Gasteiger partial charge in [-0.3, -0.25) is 0 Å². The lowest BCUT2D eigenvalue weighted by Gasteiger charge is -2.19. The molecule has 49 valence electrons. The molecule has 1 nitrogen and oxygen atoms in total. The summed E-state index contributed by atoms with van der Waals surface area (Å²) in [7, 11) is 0. The molecule has 0 saturated carbocycles. The Morgan fingerprint density at radius 2 is 2.12 bits per heavy atom. The van der Waals surface area contributed by atoms with Crippen LogP contribution in [0.25, 0.3) is 0 Å². The lowest BCUT2D eigenvalue weighted by atomic mass is 9.89. The van der Waals surface area contributed by atoms with Gasteiger partial charge in [-0.1, -0.05) is 20.3 Å². The fourth-order valence-electron chi connectivity index (χ4n) is 0.683. The average molecular weight is 115 g/mol. The van der Waals surface area contributed by atoms with E-state index in [1.165, 1.54) is 0 Å². The fraction of sp³-hybridized carbons (Fsp3) is 0.857. The Hall–Kier alpha value is -0.0400. The highest BCUT2D eigenvalue weighted by atomic mass is 16.3. The third kappa shape index (κ3) is 3.03. The molecule has 0 fully saturated rings. The van der Waals surface area contributed by atoms with E-state index in [0.717, 1.165) is 12.8 Å². The predicted octanol–water partition coefficient (Wildman–Crippen LogP) is 1.62. The normalized spacial score (nSPS) is 12.0. The van der Waals surface area contributed by atoms with Crippen LogP contribution in [0.5, 0.6) is 0 Å². The zero-order valence-electron chi connectivity index (χ0n) is 5.78. The molecule has 1 unspecified atom stereocenters. The van der Waals surface area contributed by atoms with Crippen molar-refractivity contribution in [3.05, 3.63) is 6.92 Å². The zero-order valence-corrected chi connectivity index (χ0v) is 5.78. The van der Waals surface area contributed by atoms with Crippen LogP contribution in [0.4, 0.5) is 0 Å². The van der Waals surface area contributed by atoms with Crippen LogP contribution in [0.1, 0.15) is 26.7 Å². The predicted molar refractivity (Wildman–Crippen MR) is 35.5 cm³/mol. The Kier molecular flexibility index (Phi) is 3.06. The summed E-state index contributed by atoms with van der Waals surface area (Å²) in [6.45, 7) is 8.09. The van der Waals surface area contributed by atoms with Gasteiger partial charge in [-0.05, 0) is 18.8 Å². The minimum atomic E-state index is -0.102. The molecule has 1 atom stereocenters. The molecule has 1 heteroatoms. The molecule has 0 aliphatic carbocycles. The van der Waals surface area contributed by atoms with E-state index in [-0.39, 0.29) is 12.0 Å². The topological polar surface area (TPSA) is 20.2 Å². The van der Waals surface area contributed by atoms with E-state index >= 15 is 0 Å². The van der Waals surface area contributed by atoms with E-state index in [4.69, 9.17) is 5.11 Å². The smallest absolute Gasteiger partial charge is 0.0484 e. The van der Waals surface area contributed by atoms with Crippen molar-refractivity contribution in [3.8, 4) is 0 Å². The lowest BCUT2D eigenvalue weighted by Crippen LogP contribution is -2.15. The maximum absolute atomic E-state index is 8.66. The van der Waals surface area contributed by atoms with E-state index in [1.54, 1.807) is 0 Å². The molecule has 0 amide bonds. The number of hydrogen-bond donors (Lipinski definition) is 1. The molecular formula is C7H15O. The Morgan fingerprint density at radius 1 is 1.62 bits per heavy atom. The highest BCUT2D eigenvalue weighted by molar-refractivity contribution is 4.74. The molecule has 0 heterocycles. The van der Waals surface area contributed by atoms with E-state index in [0.29, 0.717) is 0 Å². The quantitative estimate of drug-likeness (QED) is 0.592. The lowest BCUT2D eigenvalue weighted by molar-refractivity contribution is 0.172. The first-order chi connectivity index (χ1) is 3.62. The van der Waals surface area contributed by atoms with Gasteiger partial charge in [0.25, 0.3) is 0 Å². The second-order valence-corrected chi connectivity index (χ2v) is 2.72. The third-order valence-electron chi connectivity index (χ3n) is 1.24. The van der Waals surface area contributed by atoms with Crippen molar-refractivity contribution in [3.63, 3.8) is 0 Å². The monoisotopic (exact) mass is 115 g/mol. The fourth-order valence-corrected chi connectivity index (χ4v) is 0.683. The van der Waals surface area contributed by atoms with Crippen molar-refractivity contribution < 1.29 is 5.11 Å².